The Kier molecular flexibility index (Phi) is 5.13. The van der Waals surface area contributed by atoms with Gasteiger partial charge in [0.1, 0.15) is 0 Å². The normalized spacial score (nSPS) is 25.6. The molecule has 1 nitrogen and oxygen atoms in total. The van der Waals surface area contributed by atoms with Gasteiger partial charge in [-0.3, -0.25) is 0 Å². The van der Waals surface area contributed by atoms with Crippen molar-refractivity contribution in [3.8, 4) is 0 Å². The molecule has 3 unspecified atom stereocenters. The van der Waals surface area contributed by atoms with Crippen molar-refractivity contribution in [1.29, 1.82) is 0 Å². The minimum atomic E-state index is -4.04. The van der Waals surface area contributed by atoms with Gasteiger partial charge in [-0.1, -0.05) is 13.3 Å². The van der Waals surface area contributed by atoms with Gasteiger partial charge in [-0.05, 0) is 44.7 Å². The lowest BCUT2D eigenvalue weighted by atomic mass is 9.85. The van der Waals surface area contributed by atoms with Gasteiger partial charge in [0.2, 0.25) is 0 Å². The van der Waals surface area contributed by atoms with E-state index in [-0.39, 0.29) is 24.9 Å². The van der Waals surface area contributed by atoms with Gasteiger partial charge in [0.05, 0.1) is 5.92 Å². The Hall–Kier alpha value is -0.550. The zero-order valence-corrected chi connectivity index (χ0v) is 12.8. The van der Waals surface area contributed by atoms with Gasteiger partial charge in [0.25, 0.3) is 0 Å². The Balaban J connectivity index is 1.92. The van der Waals surface area contributed by atoms with Crippen LogP contribution in [0, 0.1) is 5.92 Å². The van der Waals surface area contributed by atoms with E-state index in [1.165, 1.54) is 9.75 Å². The molecule has 1 aromatic rings. The molecule has 0 saturated heterocycles. The second-order valence-corrected chi connectivity index (χ2v) is 6.85. The number of nitrogens with one attached hydrogen (secondary N) is 1. The molecular weight excluding hydrogens is 283 g/mol. The molecule has 20 heavy (non-hydrogen) atoms. The Labute approximate surface area is 122 Å². The lowest BCUT2D eigenvalue weighted by Gasteiger charge is -2.32. The van der Waals surface area contributed by atoms with Crippen LogP contribution in [-0.4, -0.2) is 12.2 Å². The second-order valence-electron chi connectivity index (χ2n) is 5.65. The van der Waals surface area contributed by atoms with Crippen LogP contribution in [0.5, 0.6) is 0 Å². The minimum absolute atomic E-state index is 0.0162. The molecule has 1 saturated carbocycles. The molecule has 0 amide bonds. The monoisotopic (exact) mass is 305 g/mol. The first kappa shape index (κ1) is 15.8. The van der Waals surface area contributed by atoms with Crippen molar-refractivity contribution in [2.24, 2.45) is 5.92 Å². The van der Waals surface area contributed by atoms with Gasteiger partial charge < -0.3 is 5.32 Å². The van der Waals surface area contributed by atoms with Gasteiger partial charge in [0.15, 0.2) is 0 Å². The smallest absolute Gasteiger partial charge is 0.307 e. The van der Waals surface area contributed by atoms with Crippen molar-refractivity contribution >= 4 is 11.3 Å². The summed E-state index contributed by atoms with van der Waals surface area (Å²) in [6.07, 6.45) is -1.00. The maximum absolute atomic E-state index is 12.8. The molecule has 3 atom stereocenters. The molecule has 1 N–H and O–H groups in total. The fourth-order valence-electron chi connectivity index (χ4n) is 2.89. The van der Waals surface area contributed by atoms with Crippen LogP contribution in [0.15, 0.2) is 12.1 Å². The Morgan fingerprint density at radius 3 is 2.70 bits per heavy atom. The molecule has 1 heterocycles. The molecule has 1 fully saturated rings. The number of hydrogen-bond donors (Lipinski definition) is 1. The molecule has 0 radical (unpaired) electrons. The van der Waals surface area contributed by atoms with E-state index in [0.717, 1.165) is 12.8 Å². The zero-order valence-electron chi connectivity index (χ0n) is 12.0. The lowest BCUT2D eigenvalue weighted by molar-refractivity contribution is -0.183. The SMILES string of the molecule is CCc1ccc(C(C)NC2CCCC(C(F)(F)F)C2)s1. The van der Waals surface area contributed by atoms with Crippen LogP contribution in [0.1, 0.15) is 55.3 Å². The summed E-state index contributed by atoms with van der Waals surface area (Å²) in [5, 5.41) is 3.39. The summed E-state index contributed by atoms with van der Waals surface area (Å²) >= 11 is 1.75. The summed E-state index contributed by atoms with van der Waals surface area (Å²) in [7, 11) is 0. The molecule has 0 aliphatic heterocycles. The fourth-order valence-corrected chi connectivity index (χ4v) is 3.86. The van der Waals surface area contributed by atoms with Crippen LogP contribution in [0.25, 0.3) is 0 Å². The molecular formula is C15H22F3NS. The molecule has 1 aromatic heterocycles. The van der Waals surface area contributed by atoms with Crippen LogP contribution >= 0.6 is 11.3 Å². The lowest BCUT2D eigenvalue weighted by Crippen LogP contribution is -2.39. The summed E-state index contributed by atoms with van der Waals surface area (Å²) < 4.78 is 38.4. The Morgan fingerprint density at radius 1 is 1.35 bits per heavy atom. The van der Waals surface area contributed by atoms with Crippen molar-refractivity contribution in [3.63, 3.8) is 0 Å². The maximum Gasteiger partial charge on any atom is 0.391 e. The molecule has 0 bridgehead atoms. The predicted molar refractivity (Wildman–Crippen MR) is 77.0 cm³/mol. The second kappa shape index (κ2) is 6.48. The highest BCUT2D eigenvalue weighted by atomic mass is 32.1. The first-order chi connectivity index (χ1) is 9.40. The molecule has 0 aromatic carbocycles. The number of aryl methyl sites for hydroxylation is 1. The standard InChI is InChI=1S/C15H22F3NS/c1-3-13-7-8-14(20-13)10(2)19-12-6-4-5-11(9-12)15(16,17)18/h7-8,10-12,19H,3-6,9H2,1-2H3. The molecule has 5 heteroatoms. The largest absolute Gasteiger partial charge is 0.391 e. The van der Waals surface area contributed by atoms with Crippen LogP contribution in [0.2, 0.25) is 0 Å². The van der Waals surface area contributed by atoms with Crippen molar-refractivity contribution in [2.45, 2.75) is 64.2 Å². The Bertz CT molecular complexity index is 427. The summed E-state index contributed by atoms with van der Waals surface area (Å²) in [6.45, 7) is 4.16. The average molecular weight is 305 g/mol. The van der Waals surface area contributed by atoms with Gasteiger partial charge in [-0.2, -0.15) is 13.2 Å². The topological polar surface area (TPSA) is 12.0 Å². The zero-order chi connectivity index (χ0) is 14.8. The first-order valence-electron chi connectivity index (χ1n) is 7.31. The van der Waals surface area contributed by atoms with Gasteiger partial charge in [0, 0.05) is 21.8 Å². The van der Waals surface area contributed by atoms with Gasteiger partial charge in [-0.25, -0.2) is 0 Å². The van der Waals surface area contributed by atoms with Crippen molar-refractivity contribution in [3.05, 3.63) is 21.9 Å². The summed E-state index contributed by atoms with van der Waals surface area (Å²) in [5.74, 6) is -1.13. The van der Waals surface area contributed by atoms with Crippen LogP contribution < -0.4 is 5.32 Å². The van der Waals surface area contributed by atoms with E-state index in [0.29, 0.717) is 6.42 Å². The highest BCUT2D eigenvalue weighted by molar-refractivity contribution is 7.12. The predicted octanol–water partition coefficient (Wildman–Crippen LogP) is 5.08. The number of rotatable bonds is 4. The van der Waals surface area contributed by atoms with Crippen molar-refractivity contribution in [1.82, 2.24) is 5.32 Å². The quantitative estimate of drug-likeness (QED) is 0.817. The van der Waals surface area contributed by atoms with Gasteiger partial charge >= 0.3 is 6.18 Å². The van der Waals surface area contributed by atoms with Gasteiger partial charge in [-0.15, -0.1) is 11.3 Å². The average Bonchev–Trinajstić information content (AvgIpc) is 2.87. The van der Waals surface area contributed by atoms with E-state index in [4.69, 9.17) is 0 Å². The number of thiophene rings is 1. The third-order valence-electron chi connectivity index (χ3n) is 4.08. The molecule has 0 spiro atoms. The minimum Gasteiger partial charge on any atom is -0.307 e. The first-order valence-corrected chi connectivity index (χ1v) is 8.13. The maximum atomic E-state index is 12.8. The Morgan fingerprint density at radius 2 is 2.10 bits per heavy atom. The summed E-state index contributed by atoms with van der Waals surface area (Å²) in [4.78, 5) is 2.54. The van der Waals surface area contributed by atoms with E-state index in [1.54, 1.807) is 11.3 Å². The summed E-state index contributed by atoms with van der Waals surface area (Å²) in [5.41, 5.74) is 0. The van der Waals surface area contributed by atoms with E-state index in [9.17, 15) is 13.2 Å². The third-order valence-corrected chi connectivity index (χ3v) is 5.49. The van der Waals surface area contributed by atoms with Crippen molar-refractivity contribution in [2.75, 3.05) is 0 Å². The highest BCUT2D eigenvalue weighted by Crippen LogP contribution is 2.38. The number of halogens is 3. The molecule has 114 valence electrons. The van der Waals surface area contributed by atoms with Crippen LogP contribution in [0.4, 0.5) is 13.2 Å². The molecule has 2 rings (SSSR count). The number of hydrogen-bond acceptors (Lipinski definition) is 2. The van der Waals surface area contributed by atoms with E-state index >= 15 is 0 Å². The van der Waals surface area contributed by atoms with Crippen LogP contribution in [-0.2, 0) is 6.42 Å². The number of alkyl halides is 3. The highest BCUT2D eigenvalue weighted by Gasteiger charge is 2.42. The van der Waals surface area contributed by atoms with Crippen molar-refractivity contribution < 1.29 is 13.2 Å². The van der Waals surface area contributed by atoms with E-state index < -0.39 is 12.1 Å². The molecule has 1 aliphatic rings. The van der Waals surface area contributed by atoms with E-state index in [2.05, 4.69) is 24.4 Å². The van der Waals surface area contributed by atoms with Crippen LogP contribution in [0.3, 0.4) is 0 Å². The third kappa shape index (κ3) is 3.98. The van der Waals surface area contributed by atoms with E-state index in [1.807, 2.05) is 6.92 Å². The molecule has 1 aliphatic carbocycles. The fraction of sp³-hybridized carbons (Fsp3) is 0.733. The summed E-state index contributed by atoms with van der Waals surface area (Å²) in [6, 6.07) is 4.32.